The molecule has 0 bridgehead atoms. The molecular formula is C29H31N3O4. The zero-order valence-electron chi connectivity index (χ0n) is 20.9. The average Bonchev–Trinajstić information content (AvgIpc) is 3.52. The molecule has 7 nitrogen and oxygen atoms in total. The lowest BCUT2D eigenvalue weighted by atomic mass is 9.84. The molecule has 1 aliphatic rings. The third kappa shape index (κ3) is 5.05. The standard InChI is InChI=1S/C29H31N3O4/c1-18-4-7-22(8-5-18)28-31-25-16-23(9-11-26(25)36-28)29(34)32-14-12-21(13-15-32)20(3)27(33)30-17-24-10-6-19(2)35-24/h4-11,16,20-21H,12-15,17H2,1-3H3,(H,30,33)/t20-/m0/s1. The van der Waals surface area contributed by atoms with Gasteiger partial charge in [0.1, 0.15) is 17.0 Å². The monoisotopic (exact) mass is 485 g/mol. The summed E-state index contributed by atoms with van der Waals surface area (Å²) in [6, 6.07) is 17.2. The number of piperidine rings is 1. The molecule has 0 aliphatic carbocycles. The number of furan rings is 1. The van der Waals surface area contributed by atoms with Crippen LogP contribution < -0.4 is 5.32 Å². The first-order valence-corrected chi connectivity index (χ1v) is 12.5. The third-order valence-corrected chi connectivity index (χ3v) is 7.11. The first kappa shape index (κ1) is 23.9. The molecule has 0 radical (unpaired) electrons. The number of likely N-dealkylation sites (tertiary alicyclic amines) is 1. The van der Waals surface area contributed by atoms with Crippen LogP contribution in [0.25, 0.3) is 22.6 Å². The minimum Gasteiger partial charge on any atom is -0.465 e. The number of fused-ring (bicyclic) bond motifs is 1. The Balaban J connectivity index is 1.18. The Kier molecular flexibility index (Phi) is 6.63. The highest BCUT2D eigenvalue weighted by molar-refractivity contribution is 5.97. The van der Waals surface area contributed by atoms with Crippen LogP contribution >= 0.6 is 0 Å². The number of carbonyl (C=O) groups excluding carboxylic acids is 2. The molecule has 1 aliphatic heterocycles. The maximum atomic E-state index is 13.2. The van der Waals surface area contributed by atoms with E-state index in [0.717, 1.165) is 29.9 Å². The molecule has 0 spiro atoms. The van der Waals surface area contributed by atoms with E-state index < -0.39 is 0 Å². The second-order valence-electron chi connectivity index (χ2n) is 9.72. The van der Waals surface area contributed by atoms with Gasteiger partial charge in [0.25, 0.3) is 5.91 Å². The Labute approximate surface area is 210 Å². The maximum absolute atomic E-state index is 13.2. The van der Waals surface area contributed by atoms with Crippen molar-refractivity contribution < 1.29 is 18.4 Å². The van der Waals surface area contributed by atoms with Gasteiger partial charge in [-0.3, -0.25) is 9.59 Å². The van der Waals surface area contributed by atoms with Crippen LogP contribution in [0.5, 0.6) is 0 Å². The summed E-state index contributed by atoms with van der Waals surface area (Å²) in [5.41, 5.74) is 4.01. The number of hydrogen-bond donors (Lipinski definition) is 1. The number of hydrogen-bond acceptors (Lipinski definition) is 5. The van der Waals surface area contributed by atoms with Gasteiger partial charge in [0.15, 0.2) is 5.58 Å². The van der Waals surface area contributed by atoms with E-state index in [0.29, 0.717) is 42.2 Å². The topological polar surface area (TPSA) is 88.6 Å². The molecule has 186 valence electrons. The van der Waals surface area contributed by atoms with E-state index in [1.54, 1.807) is 12.1 Å². The number of oxazole rings is 1. The Morgan fingerprint density at radius 3 is 2.47 bits per heavy atom. The second-order valence-corrected chi connectivity index (χ2v) is 9.72. The molecule has 1 N–H and O–H groups in total. The molecule has 2 amide bonds. The summed E-state index contributed by atoms with van der Waals surface area (Å²) in [7, 11) is 0. The molecular weight excluding hydrogens is 454 g/mol. The lowest BCUT2D eigenvalue weighted by molar-refractivity contribution is -0.126. The predicted molar refractivity (Wildman–Crippen MR) is 137 cm³/mol. The summed E-state index contributed by atoms with van der Waals surface area (Å²) in [5.74, 6) is 2.26. The summed E-state index contributed by atoms with van der Waals surface area (Å²) in [6.45, 7) is 7.54. The van der Waals surface area contributed by atoms with Crippen LogP contribution in [0.2, 0.25) is 0 Å². The highest BCUT2D eigenvalue weighted by atomic mass is 16.3. The highest BCUT2D eigenvalue weighted by Crippen LogP contribution is 2.28. The number of aryl methyl sites for hydroxylation is 2. The molecule has 1 fully saturated rings. The van der Waals surface area contributed by atoms with Crippen molar-refractivity contribution in [1.29, 1.82) is 0 Å². The first-order valence-electron chi connectivity index (χ1n) is 12.5. The summed E-state index contributed by atoms with van der Waals surface area (Å²) < 4.78 is 11.4. The van der Waals surface area contributed by atoms with Gasteiger partial charge in [0.2, 0.25) is 11.8 Å². The molecule has 1 saturated heterocycles. The first-order chi connectivity index (χ1) is 17.4. The van der Waals surface area contributed by atoms with Crippen molar-refractivity contribution in [2.45, 2.75) is 40.2 Å². The number of rotatable bonds is 6. The Bertz CT molecular complexity index is 1380. The molecule has 7 heteroatoms. The molecule has 0 unspecified atom stereocenters. The lowest BCUT2D eigenvalue weighted by Gasteiger charge is -2.34. The van der Waals surface area contributed by atoms with Crippen molar-refractivity contribution in [3.05, 3.63) is 77.2 Å². The fourth-order valence-corrected chi connectivity index (χ4v) is 4.79. The third-order valence-electron chi connectivity index (χ3n) is 7.11. The van der Waals surface area contributed by atoms with E-state index in [2.05, 4.69) is 10.3 Å². The smallest absolute Gasteiger partial charge is 0.253 e. The number of benzene rings is 2. The Hall–Kier alpha value is -3.87. The van der Waals surface area contributed by atoms with Crippen LogP contribution in [0.15, 0.2) is 63.4 Å². The van der Waals surface area contributed by atoms with Crippen molar-refractivity contribution in [1.82, 2.24) is 15.2 Å². The number of nitrogens with one attached hydrogen (secondary N) is 1. The van der Waals surface area contributed by atoms with Crippen LogP contribution in [-0.2, 0) is 11.3 Å². The van der Waals surface area contributed by atoms with Crippen molar-refractivity contribution in [3.63, 3.8) is 0 Å². The van der Waals surface area contributed by atoms with Gasteiger partial charge in [-0.2, -0.15) is 0 Å². The largest absolute Gasteiger partial charge is 0.465 e. The number of nitrogens with zero attached hydrogens (tertiary/aromatic N) is 2. The van der Waals surface area contributed by atoms with Crippen LogP contribution in [0.4, 0.5) is 0 Å². The molecule has 36 heavy (non-hydrogen) atoms. The normalized spacial score (nSPS) is 15.2. The molecule has 3 heterocycles. The molecule has 2 aromatic carbocycles. The number of amides is 2. The lowest BCUT2D eigenvalue weighted by Crippen LogP contribution is -2.42. The summed E-state index contributed by atoms with van der Waals surface area (Å²) in [6.07, 6.45) is 1.59. The van der Waals surface area contributed by atoms with Gasteiger partial charge < -0.3 is 19.1 Å². The second kappa shape index (κ2) is 10.0. The minimum atomic E-state index is -0.120. The van der Waals surface area contributed by atoms with E-state index in [1.807, 2.05) is 68.1 Å². The van der Waals surface area contributed by atoms with Gasteiger partial charge in [-0.05, 0) is 75.1 Å². The fraction of sp³-hybridized carbons (Fsp3) is 0.345. The van der Waals surface area contributed by atoms with Gasteiger partial charge >= 0.3 is 0 Å². The minimum absolute atomic E-state index is 0.0134. The van der Waals surface area contributed by atoms with Crippen LogP contribution in [0.3, 0.4) is 0 Å². The van der Waals surface area contributed by atoms with E-state index >= 15 is 0 Å². The zero-order chi connectivity index (χ0) is 25.2. The van der Waals surface area contributed by atoms with Crippen molar-refractivity contribution in [2.75, 3.05) is 13.1 Å². The maximum Gasteiger partial charge on any atom is 0.253 e. The fourth-order valence-electron chi connectivity index (χ4n) is 4.79. The van der Waals surface area contributed by atoms with E-state index in [4.69, 9.17) is 8.83 Å². The summed E-state index contributed by atoms with van der Waals surface area (Å²) in [4.78, 5) is 32.3. The SMILES string of the molecule is Cc1ccc(-c2nc3cc(C(=O)N4CCC([C@H](C)C(=O)NCc5ccc(C)o5)CC4)ccc3o2)cc1. The molecule has 2 aromatic heterocycles. The van der Waals surface area contributed by atoms with Gasteiger partial charge in [0, 0.05) is 30.1 Å². The highest BCUT2D eigenvalue weighted by Gasteiger charge is 2.30. The van der Waals surface area contributed by atoms with E-state index in [1.165, 1.54) is 5.56 Å². The Morgan fingerprint density at radius 2 is 1.78 bits per heavy atom. The van der Waals surface area contributed by atoms with Gasteiger partial charge in [-0.1, -0.05) is 24.6 Å². The predicted octanol–water partition coefficient (Wildman–Crippen LogP) is 5.51. The van der Waals surface area contributed by atoms with Crippen molar-refractivity contribution in [2.24, 2.45) is 11.8 Å². The molecule has 0 saturated carbocycles. The van der Waals surface area contributed by atoms with Crippen LogP contribution in [0, 0.1) is 25.7 Å². The Morgan fingerprint density at radius 1 is 1.03 bits per heavy atom. The molecule has 5 rings (SSSR count). The quantitative estimate of drug-likeness (QED) is 0.389. The van der Waals surface area contributed by atoms with Gasteiger partial charge in [0.05, 0.1) is 6.54 Å². The summed E-state index contributed by atoms with van der Waals surface area (Å²) >= 11 is 0. The van der Waals surface area contributed by atoms with Crippen LogP contribution in [-0.4, -0.2) is 34.8 Å². The summed E-state index contributed by atoms with van der Waals surface area (Å²) in [5, 5.41) is 2.97. The molecule has 4 aromatic rings. The van der Waals surface area contributed by atoms with Crippen molar-refractivity contribution in [3.8, 4) is 11.5 Å². The number of carbonyl (C=O) groups is 2. The zero-order valence-corrected chi connectivity index (χ0v) is 20.9. The van der Waals surface area contributed by atoms with Crippen LogP contribution in [0.1, 0.15) is 47.2 Å². The van der Waals surface area contributed by atoms with Gasteiger partial charge in [-0.15, -0.1) is 0 Å². The van der Waals surface area contributed by atoms with E-state index in [9.17, 15) is 9.59 Å². The van der Waals surface area contributed by atoms with E-state index in [-0.39, 0.29) is 23.7 Å². The van der Waals surface area contributed by atoms with Crippen molar-refractivity contribution >= 4 is 22.9 Å². The number of aromatic nitrogens is 1. The average molecular weight is 486 g/mol. The van der Waals surface area contributed by atoms with Gasteiger partial charge in [-0.25, -0.2) is 4.98 Å². The molecule has 1 atom stereocenters.